The van der Waals surface area contributed by atoms with E-state index in [1.807, 2.05) is 0 Å². The van der Waals surface area contributed by atoms with E-state index >= 15 is 0 Å². The molecule has 0 aromatic heterocycles. The Balaban J connectivity index is 1.91. The summed E-state index contributed by atoms with van der Waals surface area (Å²) in [6.07, 6.45) is 16.8. The lowest BCUT2D eigenvalue weighted by molar-refractivity contribution is -0.932. The van der Waals surface area contributed by atoms with E-state index in [0.717, 1.165) is 12.4 Å². The van der Waals surface area contributed by atoms with Crippen molar-refractivity contribution in [2.24, 2.45) is 5.73 Å². The predicted octanol–water partition coefficient (Wildman–Crippen LogP) is 4.34. The Morgan fingerprint density at radius 2 is 1.20 bits per heavy atom. The Kier molecular flexibility index (Phi) is 10.9. The van der Waals surface area contributed by atoms with Gasteiger partial charge in [-0.3, -0.25) is 5.73 Å². The van der Waals surface area contributed by atoms with E-state index < -0.39 is 0 Å². The number of unbranched alkanes of at least 4 members (excludes halogenated alkanes) is 8. The van der Waals surface area contributed by atoms with Crippen LogP contribution >= 0.6 is 12.6 Å². The van der Waals surface area contributed by atoms with Gasteiger partial charge in [0.2, 0.25) is 0 Å². The Bertz CT molecular complexity index is 215. The normalized spacial score (nSPS) is 18.3. The molecule has 1 aliphatic heterocycles. The average molecular weight is 302 g/mol. The van der Waals surface area contributed by atoms with Crippen molar-refractivity contribution < 1.29 is 4.48 Å². The van der Waals surface area contributed by atoms with E-state index in [0.29, 0.717) is 0 Å². The molecule has 0 amide bonds. The molecule has 0 aliphatic carbocycles. The molecule has 1 saturated heterocycles. The fourth-order valence-electron chi connectivity index (χ4n) is 3.48. The van der Waals surface area contributed by atoms with Crippen LogP contribution in [0.15, 0.2) is 0 Å². The van der Waals surface area contributed by atoms with E-state index in [1.54, 1.807) is 0 Å². The minimum absolute atomic E-state index is 0.866. The smallest absolute Gasteiger partial charge is 0.130 e. The second-order valence-corrected chi connectivity index (χ2v) is 7.11. The van der Waals surface area contributed by atoms with Gasteiger partial charge in [-0.1, -0.05) is 38.5 Å². The van der Waals surface area contributed by atoms with E-state index in [1.165, 1.54) is 101 Å². The summed E-state index contributed by atoms with van der Waals surface area (Å²) in [6.45, 7) is 4.87. The van der Waals surface area contributed by atoms with Crippen molar-refractivity contribution in [2.75, 3.05) is 32.1 Å². The lowest BCUT2D eigenvalue weighted by Crippen LogP contribution is -2.55. The SMILES string of the molecule is NC[N+]1(CCCCCCCCCCCS)CCCCC1. The third kappa shape index (κ3) is 7.90. The van der Waals surface area contributed by atoms with Crippen LogP contribution in [0.4, 0.5) is 0 Å². The molecule has 0 saturated carbocycles. The first-order valence-corrected chi connectivity index (χ1v) is 9.62. The lowest BCUT2D eigenvalue weighted by atomic mass is 10.0. The first kappa shape index (κ1) is 18.3. The number of nitrogens with zero attached hydrogens (tertiary/aromatic N) is 1. The van der Waals surface area contributed by atoms with Crippen molar-refractivity contribution in [3.8, 4) is 0 Å². The number of likely N-dealkylation sites (tertiary alicyclic amines) is 1. The molecule has 0 spiro atoms. The summed E-state index contributed by atoms with van der Waals surface area (Å²) >= 11 is 4.25. The number of rotatable bonds is 12. The number of hydrogen-bond acceptors (Lipinski definition) is 2. The highest BCUT2D eigenvalue weighted by molar-refractivity contribution is 7.80. The molecule has 1 fully saturated rings. The fourth-order valence-corrected chi connectivity index (χ4v) is 3.70. The number of hydrogen-bond donors (Lipinski definition) is 2. The zero-order valence-electron chi connectivity index (χ0n) is 13.5. The summed E-state index contributed by atoms with van der Waals surface area (Å²) in [5, 5.41) is 0. The highest BCUT2D eigenvalue weighted by atomic mass is 32.1. The molecule has 1 aliphatic rings. The fraction of sp³-hybridized carbons (Fsp3) is 1.00. The minimum atomic E-state index is 0.866. The highest BCUT2D eigenvalue weighted by Gasteiger charge is 2.27. The molecule has 2 nitrogen and oxygen atoms in total. The van der Waals surface area contributed by atoms with Crippen LogP contribution in [0.5, 0.6) is 0 Å². The van der Waals surface area contributed by atoms with Crippen molar-refractivity contribution in [2.45, 2.75) is 77.0 Å². The Morgan fingerprint density at radius 1 is 0.700 bits per heavy atom. The summed E-state index contributed by atoms with van der Waals surface area (Å²) in [6, 6.07) is 0. The Labute approximate surface area is 132 Å². The monoisotopic (exact) mass is 301 g/mol. The average Bonchev–Trinajstić information content (AvgIpc) is 2.50. The molecule has 0 aromatic rings. The first-order chi connectivity index (χ1) is 9.83. The van der Waals surface area contributed by atoms with Crippen LogP contribution in [0.1, 0.15) is 77.0 Å². The summed E-state index contributed by atoms with van der Waals surface area (Å²) in [5.41, 5.74) is 6.03. The van der Waals surface area contributed by atoms with Crippen molar-refractivity contribution in [1.82, 2.24) is 0 Å². The van der Waals surface area contributed by atoms with Gasteiger partial charge in [0.25, 0.3) is 0 Å². The van der Waals surface area contributed by atoms with Crippen LogP contribution < -0.4 is 5.73 Å². The molecular formula is C17H37N2S+. The maximum atomic E-state index is 6.03. The highest BCUT2D eigenvalue weighted by Crippen LogP contribution is 2.19. The minimum Gasteiger partial charge on any atom is -0.311 e. The molecule has 120 valence electrons. The molecule has 0 atom stereocenters. The van der Waals surface area contributed by atoms with Crippen molar-refractivity contribution in [3.05, 3.63) is 0 Å². The zero-order chi connectivity index (χ0) is 14.5. The Hall–Kier alpha value is 0.270. The van der Waals surface area contributed by atoms with Gasteiger partial charge in [-0.2, -0.15) is 12.6 Å². The van der Waals surface area contributed by atoms with E-state index in [4.69, 9.17) is 5.73 Å². The topological polar surface area (TPSA) is 26.0 Å². The van der Waals surface area contributed by atoms with Gasteiger partial charge in [0.15, 0.2) is 0 Å². The molecule has 1 rings (SSSR count). The second kappa shape index (κ2) is 11.9. The number of nitrogens with two attached hydrogens (primary N) is 1. The van der Waals surface area contributed by atoms with Crippen molar-refractivity contribution in [1.29, 1.82) is 0 Å². The van der Waals surface area contributed by atoms with Crippen LogP contribution in [0.2, 0.25) is 0 Å². The van der Waals surface area contributed by atoms with Gasteiger partial charge in [-0.15, -0.1) is 0 Å². The molecular weight excluding hydrogens is 264 g/mol. The first-order valence-electron chi connectivity index (χ1n) is 8.99. The molecule has 0 bridgehead atoms. The molecule has 3 heteroatoms. The van der Waals surface area contributed by atoms with Gasteiger partial charge in [0, 0.05) is 0 Å². The van der Waals surface area contributed by atoms with Crippen LogP contribution in [0.3, 0.4) is 0 Å². The van der Waals surface area contributed by atoms with Crippen molar-refractivity contribution in [3.63, 3.8) is 0 Å². The summed E-state index contributed by atoms with van der Waals surface area (Å²) in [5.74, 6) is 1.06. The van der Waals surface area contributed by atoms with Gasteiger partial charge in [-0.25, -0.2) is 0 Å². The molecule has 1 heterocycles. The molecule has 0 unspecified atom stereocenters. The van der Waals surface area contributed by atoms with Gasteiger partial charge in [0.1, 0.15) is 6.67 Å². The lowest BCUT2D eigenvalue weighted by Gasteiger charge is -2.40. The standard InChI is InChI=1S/C17H36N2S/c18-17-19(14-10-8-11-15-19)13-9-6-4-2-1-3-5-7-12-16-20/h1-18H2/p+1. The largest absolute Gasteiger partial charge is 0.311 e. The van der Waals surface area contributed by atoms with E-state index in [9.17, 15) is 0 Å². The van der Waals surface area contributed by atoms with Crippen LogP contribution in [0, 0.1) is 0 Å². The third-order valence-corrected chi connectivity index (χ3v) is 5.26. The maximum Gasteiger partial charge on any atom is 0.130 e. The summed E-state index contributed by atoms with van der Waals surface area (Å²) in [4.78, 5) is 0. The molecule has 20 heavy (non-hydrogen) atoms. The maximum absolute atomic E-state index is 6.03. The Morgan fingerprint density at radius 3 is 1.70 bits per heavy atom. The van der Waals surface area contributed by atoms with E-state index in [-0.39, 0.29) is 0 Å². The number of quaternary nitrogens is 1. The molecule has 0 radical (unpaired) electrons. The molecule has 0 aromatic carbocycles. The van der Waals surface area contributed by atoms with Gasteiger partial charge >= 0.3 is 0 Å². The van der Waals surface area contributed by atoms with Crippen molar-refractivity contribution >= 4 is 12.6 Å². The van der Waals surface area contributed by atoms with Crippen LogP contribution in [-0.4, -0.2) is 36.5 Å². The summed E-state index contributed by atoms with van der Waals surface area (Å²) < 4.78 is 1.21. The van der Waals surface area contributed by atoms with Gasteiger partial charge < -0.3 is 4.48 Å². The van der Waals surface area contributed by atoms with Crippen LogP contribution in [-0.2, 0) is 0 Å². The number of piperidine rings is 1. The zero-order valence-corrected chi connectivity index (χ0v) is 14.4. The van der Waals surface area contributed by atoms with Gasteiger partial charge in [-0.05, 0) is 44.3 Å². The van der Waals surface area contributed by atoms with Crippen LogP contribution in [0.25, 0.3) is 0 Å². The number of thiol groups is 1. The second-order valence-electron chi connectivity index (χ2n) is 6.66. The third-order valence-electron chi connectivity index (χ3n) is 4.94. The predicted molar refractivity (Wildman–Crippen MR) is 93.2 cm³/mol. The molecule has 2 N–H and O–H groups in total. The van der Waals surface area contributed by atoms with E-state index in [2.05, 4.69) is 12.6 Å². The quantitative estimate of drug-likeness (QED) is 0.313. The van der Waals surface area contributed by atoms with Gasteiger partial charge in [0.05, 0.1) is 19.6 Å². The summed E-state index contributed by atoms with van der Waals surface area (Å²) in [7, 11) is 0.